The molecule has 9 nitrogen and oxygen atoms in total. The predicted octanol–water partition coefficient (Wildman–Crippen LogP) is 7.27. The van der Waals surface area contributed by atoms with Crippen LogP contribution in [-0.4, -0.2) is 40.9 Å². The summed E-state index contributed by atoms with van der Waals surface area (Å²) in [7, 11) is 0. The number of carbonyl (C=O) groups excluding carboxylic acids is 2. The van der Waals surface area contributed by atoms with Gasteiger partial charge in [-0.15, -0.1) is 13.2 Å². The van der Waals surface area contributed by atoms with Gasteiger partial charge in [0.25, 0.3) is 5.91 Å². The molecular formula is C32H29F3N4O5S. The summed E-state index contributed by atoms with van der Waals surface area (Å²) in [6, 6.07) is 17.0. The topological polar surface area (TPSA) is 130 Å². The molecule has 1 aliphatic carbocycles. The van der Waals surface area contributed by atoms with Gasteiger partial charge in [-0.25, -0.2) is 9.78 Å². The fourth-order valence-corrected chi connectivity index (χ4v) is 5.82. The minimum atomic E-state index is -4.84. The Hall–Kier alpha value is -4.91. The van der Waals surface area contributed by atoms with E-state index < -0.39 is 36.1 Å². The molecule has 1 unspecified atom stereocenters. The number of allylic oxidation sites excluding steroid dienone is 2. The van der Waals surface area contributed by atoms with E-state index in [1.54, 1.807) is 24.3 Å². The molecule has 0 radical (unpaired) electrons. The van der Waals surface area contributed by atoms with Gasteiger partial charge >= 0.3 is 18.4 Å². The zero-order valence-electron chi connectivity index (χ0n) is 23.8. The Morgan fingerprint density at radius 1 is 0.978 bits per heavy atom. The van der Waals surface area contributed by atoms with Crippen molar-refractivity contribution >= 4 is 50.2 Å². The number of hydrogen-bond acceptors (Lipinski definition) is 6. The van der Waals surface area contributed by atoms with Gasteiger partial charge in [0.2, 0.25) is 0 Å². The molecular weight excluding hydrogens is 609 g/mol. The minimum Gasteiger partial charge on any atom is -0.481 e. The number of urea groups is 1. The molecule has 3 aromatic carbocycles. The van der Waals surface area contributed by atoms with Crippen molar-refractivity contribution in [3.63, 3.8) is 0 Å². The Labute approximate surface area is 260 Å². The highest BCUT2D eigenvalue weighted by Crippen LogP contribution is 2.32. The van der Waals surface area contributed by atoms with Crippen molar-refractivity contribution in [2.75, 3.05) is 11.9 Å². The van der Waals surface area contributed by atoms with E-state index in [1.807, 2.05) is 24.3 Å². The molecule has 4 N–H and O–H groups in total. The summed E-state index contributed by atoms with van der Waals surface area (Å²) >= 11 is 1.09. The highest BCUT2D eigenvalue weighted by atomic mass is 32.1. The van der Waals surface area contributed by atoms with Crippen molar-refractivity contribution in [1.29, 1.82) is 0 Å². The molecule has 45 heavy (non-hydrogen) atoms. The highest BCUT2D eigenvalue weighted by molar-refractivity contribution is 7.22. The largest absolute Gasteiger partial charge is 0.573 e. The van der Waals surface area contributed by atoms with Crippen LogP contribution in [0.4, 0.5) is 23.1 Å². The molecule has 0 aliphatic heterocycles. The van der Waals surface area contributed by atoms with E-state index in [2.05, 4.69) is 31.7 Å². The highest BCUT2D eigenvalue weighted by Gasteiger charge is 2.31. The molecule has 0 saturated carbocycles. The number of amides is 3. The summed E-state index contributed by atoms with van der Waals surface area (Å²) in [5.41, 5.74) is 4.41. The number of halogens is 3. The number of hydrogen-bond donors (Lipinski definition) is 4. The number of carbonyl (C=O) groups is 3. The molecule has 0 spiro atoms. The molecule has 1 atom stereocenters. The first-order valence-corrected chi connectivity index (χ1v) is 15.0. The maximum absolute atomic E-state index is 13.2. The number of ether oxygens (including phenoxy) is 1. The van der Waals surface area contributed by atoms with Gasteiger partial charge in [0.1, 0.15) is 5.75 Å². The fourth-order valence-electron chi connectivity index (χ4n) is 4.98. The number of rotatable bonds is 10. The average Bonchev–Trinajstić information content (AvgIpc) is 3.41. The Balaban J connectivity index is 1.35. The first-order valence-electron chi connectivity index (χ1n) is 14.2. The maximum atomic E-state index is 13.2. The predicted molar refractivity (Wildman–Crippen MR) is 164 cm³/mol. The van der Waals surface area contributed by atoms with Gasteiger partial charge in [-0.2, -0.15) is 0 Å². The molecule has 1 aromatic heterocycles. The number of thiazole rings is 1. The number of alkyl halides is 3. The number of aromatic nitrogens is 1. The monoisotopic (exact) mass is 638 g/mol. The summed E-state index contributed by atoms with van der Waals surface area (Å²) < 4.78 is 42.4. The quantitative estimate of drug-likeness (QED) is 0.145. The van der Waals surface area contributed by atoms with Crippen molar-refractivity contribution in [3.05, 3.63) is 95.1 Å². The number of nitrogens with one attached hydrogen (secondary N) is 3. The van der Waals surface area contributed by atoms with Crippen LogP contribution in [0.1, 0.15) is 65.2 Å². The first-order chi connectivity index (χ1) is 21.5. The van der Waals surface area contributed by atoms with Crippen LogP contribution in [0.2, 0.25) is 0 Å². The van der Waals surface area contributed by atoms with Crippen molar-refractivity contribution in [2.45, 2.75) is 44.5 Å². The molecule has 0 bridgehead atoms. The van der Waals surface area contributed by atoms with Gasteiger partial charge in [-0.05, 0) is 72.2 Å². The van der Waals surface area contributed by atoms with Gasteiger partial charge in [-0.1, -0.05) is 53.8 Å². The molecule has 0 fully saturated rings. The van der Waals surface area contributed by atoms with Crippen LogP contribution in [0.15, 0.2) is 72.8 Å². The van der Waals surface area contributed by atoms with Crippen molar-refractivity contribution in [3.8, 4) is 5.75 Å². The smallest absolute Gasteiger partial charge is 0.481 e. The van der Waals surface area contributed by atoms with Crippen LogP contribution < -0.4 is 20.7 Å². The second-order valence-electron chi connectivity index (χ2n) is 10.3. The number of carboxylic acid groups (broad SMARTS) is 1. The van der Waals surface area contributed by atoms with Crippen molar-refractivity contribution < 1.29 is 37.4 Å². The molecule has 1 aliphatic rings. The van der Waals surface area contributed by atoms with Gasteiger partial charge in [-0.3, -0.25) is 14.9 Å². The Morgan fingerprint density at radius 3 is 2.33 bits per heavy atom. The van der Waals surface area contributed by atoms with Gasteiger partial charge in [0.05, 0.1) is 22.7 Å². The van der Waals surface area contributed by atoms with E-state index in [-0.39, 0.29) is 23.6 Å². The minimum absolute atomic E-state index is 0.00845. The van der Waals surface area contributed by atoms with E-state index in [0.29, 0.717) is 15.8 Å². The Kier molecular flexibility index (Phi) is 9.67. The number of nitrogens with zero attached hydrogens (tertiary/aromatic N) is 1. The molecule has 0 saturated heterocycles. The normalized spacial score (nSPS) is 13.9. The average molecular weight is 639 g/mol. The zero-order valence-corrected chi connectivity index (χ0v) is 24.6. The third-order valence-electron chi connectivity index (χ3n) is 7.12. The molecule has 234 valence electrons. The van der Waals surface area contributed by atoms with E-state index in [0.717, 1.165) is 47.8 Å². The second kappa shape index (κ2) is 13.8. The van der Waals surface area contributed by atoms with Gasteiger partial charge < -0.3 is 20.5 Å². The number of anilines is 1. The van der Waals surface area contributed by atoms with E-state index in [1.165, 1.54) is 24.1 Å². The van der Waals surface area contributed by atoms with Crippen LogP contribution in [0.5, 0.6) is 5.75 Å². The molecule has 5 rings (SSSR count). The molecule has 3 amide bonds. The molecule has 1 heterocycles. The van der Waals surface area contributed by atoms with Crippen LogP contribution in [0.3, 0.4) is 0 Å². The van der Waals surface area contributed by atoms with Gasteiger partial charge in [0, 0.05) is 18.2 Å². The zero-order chi connectivity index (χ0) is 32.0. The number of fused-ring (bicyclic) bond motifs is 1. The van der Waals surface area contributed by atoms with E-state index >= 15 is 0 Å². The number of benzene rings is 3. The lowest BCUT2D eigenvalue weighted by molar-refractivity contribution is -0.274. The van der Waals surface area contributed by atoms with Crippen molar-refractivity contribution in [2.24, 2.45) is 0 Å². The lowest BCUT2D eigenvalue weighted by atomic mass is 9.91. The molecule has 4 aromatic rings. The lowest BCUT2D eigenvalue weighted by Gasteiger charge is -2.21. The summed E-state index contributed by atoms with van der Waals surface area (Å²) in [6.45, 7) is -0.00845. The number of carboxylic acids is 1. The summed E-state index contributed by atoms with van der Waals surface area (Å²) in [6.07, 6.45) is 1.57. The van der Waals surface area contributed by atoms with Crippen LogP contribution in [0, 0.1) is 0 Å². The van der Waals surface area contributed by atoms with E-state index in [9.17, 15) is 27.6 Å². The maximum Gasteiger partial charge on any atom is 0.573 e. The third-order valence-corrected chi connectivity index (χ3v) is 8.08. The summed E-state index contributed by atoms with van der Waals surface area (Å²) in [5.74, 6) is -1.85. The Morgan fingerprint density at radius 2 is 1.69 bits per heavy atom. The fraction of sp³-hybridized carbons (Fsp3) is 0.250. The van der Waals surface area contributed by atoms with Crippen LogP contribution in [-0.2, 0) is 4.79 Å². The summed E-state index contributed by atoms with van der Waals surface area (Å²) in [4.78, 5) is 40.7. The molecule has 13 heteroatoms. The van der Waals surface area contributed by atoms with E-state index in [4.69, 9.17) is 5.11 Å². The standard InChI is InChI=1S/C32H29F3N4O5S/c33-32(34,35)44-24-14-15-26-25(18-24)37-31(45-26)39-30(43)38-28(21-8-6-20(7-9-21)19-4-2-1-3-5-19)22-10-12-23(13-11-22)29(42)36-17-16-27(40)41/h4,6-15,18,28H,1-3,5,16-17H2,(H,36,42)(H,40,41)(H2,37,38,39,43). The van der Waals surface area contributed by atoms with Gasteiger partial charge in [0.15, 0.2) is 5.13 Å². The third kappa shape index (κ3) is 8.60. The van der Waals surface area contributed by atoms with Crippen LogP contribution >= 0.6 is 11.3 Å². The lowest BCUT2D eigenvalue weighted by Crippen LogP contribution is -2.33. The SMILES string of the molecule is O=C(O)CCNC(=O)c1ccc(C(NC(=O)Nc2nc3cc(OC(F)(F)F)ccc3s2)c2ccc(C3=CCCCC3)cc2)cc1. The van der Waals surface area contributed by atoms with Crippen LogP contribution in [0.25, 0.3) is 15.8 Å². The Bertz CT molecular complexity index is 1720. The second-order valence-corrected chi connectivity index (χ2v) is 11.4. The first kappa shape index (κ1) is 31.5. The van der Waals surface area contributed by atoms with Crippen molar-refractivity contribution in [1.82, 2.24) is 15.6 Å². The summed E-state index contributed by atoms with van der Waals surface area (Å²) in [5, 5.41) is 17.2. The number of aliphatic carboxylic acids is 1.